The van der Waals surface area contributed by atoms with Gasteiger partial charge in [0.15, 0.2) is 0 Å². The Morgan fingerprint density at radius 2 is 2.17 bits per heavy atom. The van der Waals surface area contributed by atoms with Gasteiger partial charge in [0, 0.05) is 12.1 Å². The van der Waals surface area contributed by atoms with E-state index in [1.54, 1.807) is 12.1 Å². The van der Waals surface area contributed by atoms with Gasteiger partial charge in [-0.15, -0.1) is 0 Å². The Bertz CT molecular complexity index is 386. The van der Waals surface area contributed by atoms with Crippen LogP contribution < -0.4 is 10.1 Å². The van der Waals surface area contributed by atoms with E-state index in [-0.39, 0.29) is 5.69 Å². The number of hydrogen-bond acceptors (Lipinski definition) is 4. The summed E-state index contributed by atoms with van der Waals surface area (Å²) in [5.74, 6) is 1.39. The summed E-state index contributed by atoms with van der Waals surface area (Å²) in [6.07, 6.45) is 3.53. The molecule has 5 heteroatoms. The molecule has 0 aliphatic carbocycles. The van der Waals surface area contributed by atoms with E-state index >= 15 is 0 Å². The van der Waals surface area contributed by atoms with Crippen LogP contribution in [0.2, 0.25) is 0 Å². The number of rotatable bonds is 5. The number of piperidine rings is 1. The second kappa shape index (κ2) is 6.35. The van der Waals surface area contributed by atoms with Crippen LogP contribution in [-0.2, 0) is 0 Å². The average molecular weight is 250 g/mol. The number of nitro groups is 1. The molecule has 98 valence electrons. The molecule has 18 heavy (non-hydrogen) atoms. The summed E-state index contributed by atoms with van der Waals surface area (Å²) < 4.78 is 5.59. The van der Waals surface area contributed by atoms with E-state index in [1.807, 2.05) is 0 Å². The predicted octanol–water partition coefficient (Wildman–Crippen LogP) is 2.36. The van der Waals surface area contributed by atoms with E-state index in [4.69, 9.17) is 4.74 Å². The molecule has 1 atom stereocenters. The topological polar surface area (TPSA) is 64.4 Å². The fraction of sp³-hybridized carbons (Fsp3) is 0.538. The molecule has 1 aliphatic rings. The second-order valence-corrected chi connectivity index (χ2v) is 4.60. The first kappa shape index (κ1) is 12.8. The van der Waals surface area contributed by atoms with Crippen LogP contribution in [0.4, 0.5) is 5.69 Å². The van der Waals surface area contributed by atoms with Crippen LogP contribution in [-0.4, -0.2) is 24.6 Å². The molecule has 1 aliphatic heterocycles. The lowest BCUT2D eigenvalue weighted by molar-refractivity contribution is -0.384. The van der Waals surface area contributed by atoms with Crippen LogP contribution in [0, 0.1) is 16.0 Å². The number of hydrogen-bond donors (Lipinski definition) is 1. The fourth-order valence-corrected chi connectivity index (χ4v) is 2.18. The molecule has 0 spiro atoms. The van der Waals surface area contributed by atoms with Crippen molar-refractivity contribution in [3.63, 3.8) is 0 Å². The number of benzene rings is 1. The zero-order valence-corrected chi connectivity index (χ0v) is 10.3. The standard InChI is InChI=1S/C13H18N2O3/c16-15(17)12-3-5-13(6-4-12)18-9-7-11-2-1-8-14-10-11/h3-6,11,14H,1-2,7-10H2. The molecule has 0 bridgehead atoms. The van der Waals surface area contributed by atoms with Crippen molar-refractivity contribution in [2.75, 3.05) is 19.7 Å². The molecule has 1 saturated heterocycles. The lowest BCUT2D eigenvalue weighted by Gasteiger charge is -2.22. The molecule has 1 aromatic rings. The van der Waals surface area contributed by atoms with Crippen molar-refractivity contribution < 1.29 is 9.66 Å². The van der Waals surface area contributed by atoms with Crippen molar-refractivity contribution in [1.82, 2.24) is 5.32 Å². The van der Waals surface area contributed by atoms with Gasteiger partial charge in [-0.2, -0.15) is 0 Å². The van der Waals surface area contributed by atoms with Gasteiger partial charge in [-0.25, -0.2) is 0 Å². The average Bonchev–Trinajstić information content (AvgIpc) is 2.40. The highest BCUT2D eigenvalue weighted by atomic mass is 16.6. The Morgan fingerprint density at radius 3 is 2.78 bits per heavy atom. The van der Waals surface area contributed by atoms with Crippen molar-refractivity contribution in [3.8, 4) is 5.75 Å². The predicted molar refractivity (Wildman–Crippen MR) is 68.8 cm³/mol. The minimum absolute atomic E-state index is 0.0961. The zero-order chi connectivity index (χ0) is 12.8. The van der Waals surface area contributed by atoms with Crippen LogP contribution in [0.25, 0.3) is 0 Å². The van der Waals surface area contributed by atoms with Gasteiger partial charge in [0.2, 0.25) is 0 Å². The first-order valence-corrected chi connectivity index (χ1v) is 6.33. The first-order valence-electron chi connectivity index (χ1n) is 6.33. The highest BCUT2D eigenvalue weighted by Gasteiger charge is 2.12. The normalized spacial score (nSPS) is 19.4. The molecule has 0 amide bonds. The van der Waals surface area contributed by atoms with E-state index in [0.717, 1.165) is 19.5 Å². The summed E-state index contributed by atoms with van der Waals surface area (Å²) in [6, 6.07) is 6.24. The molecule has 0 aromatic heterocycles. The highest BCUT2D eigenvalue weighted by Crippen LogP contribution is 2.19. The molecule has 5 nitrogen and oxygen atoms in total. The van der Waals surface area contributed by atoms with Crippen molar-refractivity contribution in [3.05, 3.63) is 34.4 Å². The van der Waals surface area contributed by atoms with Gasteiger partial charge >= 0.3 is 0 Å². The van der Waals surface area contributed by atoms with Crippen molar-refractivity contribution in [1.29, 1.82) is 0 Å². The number of nitrogens with zero attached hydrogens (tertiary/aromatic N) is 1. The lowest BCUT2D eigenvalue weighted by atomic mass is 9.97. The number of nitrogens with one attached hydrogen (secondary N) is 1. The van der Waals surface area contributed by atoms with Crippen molar-refractivity contribution >= 4 is 5.69 Å². The Kier molecular flexibility index (Phi) is 4.52. The van der Waals surface area contributed by atoms with Crippen LogP contribution in [0.1, 0.15) is 19.3 Å². The van der Waals surface area contributed by atoms with Crippen LogP contribution >= 0.6 is 0 Å². The third-order valence-corrected chi connectivity index (χ3v) is 3.24. The SMILES string of the molecule is O=[N+]([O-])c1ccc(OCCC2CCCNC2)cc1. The number of nitro benzene ring substituents is 1. The molecule has 0 radical (unpaired) electrons. The first-order chi connectivity index (χ1) is 8.75. The van der Waals surface area contributed by atoms with E-state index < -0.39 is 4.92 Å². The molecule has 0 saturated carbocycles. The maximum Gasteiger partial charge on any atom is 0.269 e. The summed E-state index contributed by atoms with van der Waals surface area (Å²) in [5, 5.41) is 13.9. The Labute approximate surface area is 106 Å². The van der Waals surface area contributed by atoms with Crippen molar-refractivity contribution in [2.24, 2.45) is 5.92 Å². The smallest absolute Gasteiger partial charge is 0.269 e. The molecule has 1 N–H and O–H groups in total. The maximum atomic E-state index is 10.5. The molecular formula is C13H18N2O3. The quantitative estimate of drug-likeness (QED) is 0.643. The van der Waals surface area contributed by atoms with Crippen LogP contribution in [0.3, 0.4) is 0 Å². The van der Waals surface area contributed by atoms with Gasteiger partial charge in [0.25, 0.3) is 5.69 Å². The minimum atomic E-state index is -0.405. The number of non-ortho nitro benzene ring substituents is 1. The Morgan fingerprint density at radius 1 is 1.39 bits per heavy atom. The van der Waals surface area contributed by atoms with Gasteiger partial charge in [0.1, 0.15) is 5.75 Å². The molecule has 1 fully saturated rings. The van der Waals surface area contributed by atoms with Crippen LogP contribution in [0.5, 0.6) is 5.75 Å². The summed E-state index contributed by atoms with van der Waals surface area (Å²) in [6.45, 7) is 2.87. The fourth-order valence-electron chi connectivity index (χ4n) is 2.18. The summed E-state index contributed by atoms with van der Waals surface area (Å²) in [7, 11) is 0. The zero-order valence-electron chi connectivity index (χ0n) is 10.3. The molecular weight excluding hydrogens is 232 g/mol. The Balaban J connectivity index is 1.74. The summed E-state index contributed by atoms with van der Waals surface area (Å²) >= 11 is 0. The maximum absolute atomic E-state index is 10.5. The van der Waals surface area contributed by atoms with Gasteiger partial charge < -0.3 is 10.1 Å². The lowest BCUT2D eigenvalue weighted by Crippen LogP contribution is -2.30. The summed E-state index contributed by atoms with van der Waals surface area (Å²) in [4.78, 5) is 10.1. The van der Waals surface area contributed by atoms with Gasteiger partial charge in [-0.05, 0) is 50.4 Å². The van der Waals surface area contributed by atoms with E-state index in [0.29, 0.717) is 18.3 Å². The molecule has 1 unspecified atom stereocenters. The van der Waals surface area contributed by atoms with Gasteiger partial charge in [-0.3, -0.25) is 10.1 Å². The van der Waals surface area contributed by atoms with Crippen LogP contribution in [0.15, 0.2) is 24.3 Å². The third kappa shape index (κ3) is 3.70. The van der Waals surface area contributed by atoms with Gasteiger partial charge in [0.05, 0.1) is 11.5 Å². The molecule has 1 aromatic carbocycles. The molecule has 2 rings (SSSR count). The Hall–Kier alpha value is -1.62. The van der Waals surface area contributed by atoms with Gasteiger partial charge in [-0.1, -0.05) is 0 Å². The van der Waals surface area contributed by atoms with Crippen molar-refractivity contribution in [2.45, 2.75) is 19.3 Å². The number of ether oxygens (including phenoxy) is 1. The molecule has 1 heterocycles. The highest BCUT2D eigenvalue weighted by molar-refractivity contribution is 5.35. The summed E-state index contributed by atoms with van der Waals surface area (Å²) in [5.41, 5.74) is 0.0961. The largest absolute Gasteiger partial charge is 0.494 e. The second-order valence-electron chi connectivity index (χ2n) is 4.60. The van der Waals surface area contributed by atoms with E-state index in [1.165, 1.54) is 25.0 Å². The third-order valence-electron chi connectivity index (χ3n) is 3.24. The van der Waals surface area contributed by atoms with E-state index in [2.05, 4.69) is 5.32 Å². The monoisotopic (exact) mass is 250 g/mol. The minimum Gasteiger partial charge on any atom is -0.494 e. The van der Waals surface area contributed by atoms with E-state index in [9.17, 15) is 10.1 Å².